The van der Waals surface area contributed by atoms with Crippen LogP contribution in [0.2, 0.25) is 0 Å². The van der Waals surface area contributed by atoms with Crippen LogP contribution in [0.25, 0.3) is 0 Å². The lowest BCUT2D eigenvalue weighted by molar-refractivity contribution is 0.808. The number of rotatable bonds is 2. The molecule has 0 amide bonds. The van der Waals surface area contributed by atoms with Gasteiger partial charge in [-0.05, 0) is 6.42 Å². The summed E-state index contributed by atoms with van der Waals surface area (Å²) in [6.07, 6.45) is 9.36. The van der Waals surface area contributed by atoms with Gasteiger partial charge in [-0.2, -0.15) is 0 Å². The van der Waals surface area contributed by atoms with Crippen molar-refractivity contribution in [3.8, 4) is 0 Å². The number of H-pyrrole nitrogens is 1. The summed E-state index contributed by atoms with van der Waals surface area (Å²) in [5.74, 6) is 1.14. The second kappa shape index (κ2) is 14.5. The molecule has 4 nitrogen and oxygen atoms in total. The molecule has 2 heterocycles. The van der Waals surface area contributed by atoms with Gasteiger partial charge in [0.05, 0.1) is 6.33 Å². The summed E-state index contributed by atoms with van der Waals surface area (Å²) in [5, 5.41) is 0. The first-order chi connectivity index (χ1) is 9.27. The number of nitrogens with one attached hydrogen (secondary N) is 1. The minimum Gasteiger partial charge on any atom is -0.349 e. The van der Waals surface area contributed by atoms with Gasteiger partial charge in [0, 0.05) is 37.8 Å². The molecule has 0 radical (unpaired) electrons. The Labute approximate surface area is 118 Å². The number of aromatic amines is 1. The zero-order chi connectivity index (χ0) is 15.1. The van der Waals surface area contributed by atoms with Crippen LogP contribution in [0, 0.1) is 0 Å². The van der Waals surface area contributed by atoms with Crippen molar-refractivity contribution in [2.24, 2.45) is 7.05 Å². The SMILES string of the molecule is CC.CC.CCc1cnc[nH]1.CCc1nccn1C. The molecule has 0 bridgehead atoms. The van der Waals surface area contributed by atoms with Gasteiger partial charge in [0.25, 0.3) is 0 Å². The fourth-order valence-electron chi connectivity index (χ4n) is 1.22. The van der Waals surface area contributed by atoms with Crippen molar-refractivity contribution in [2.75, 3.05) is 0 Å². The standard InChI is InChI=1S/C6H10N2.C5H8N2.2C2H6/c1-3-6-7-4-5-8(6)2;1-2-5-3-6-4-7-5;2*1-2/h4-5H,3H2,1-2H3;3-4H,2H2,1H3,(H,6,7);2*1-2H3. The molecule has 0 aliphatic rings. The van der Waals surface area contributed by atoms with Gasteiger partial charge in [0.2, 0.25) is 0 Å². The van der Waals surface area contributed by atoms with E-state index in [9.17, 15) is 0 Å². The maximum absolute atomic E-state index is 4.10. The molecule has 0 atom stereocenters. The fourth-order valence-corrected chi connectivity index (χ4v) is 1.22. The Balaban J connectivity index is 0. The van der Waals surface area contributed by atoms with E-state index in [1.165, 1.54) is 5.69 Å². The second-order valence-corrected chi connectivity index (χ2v) is 3.24. The Bertz CT molecular complexity index is 363. The molecule has 1 N–H and O–H groups in total. The summed E-state index contributed by atoms with van der Waals surface area (Å²) in [6.45, 7) is 12.2. The highest BCUT2D eigenvalue weighted by atomic mass is 15.0. The summed E-state index contributed by atoms with van der Waals surface area (Å²) in [4.78, 5) is 10.9. The summed E-state index contributed by atoms with van der Waals surface area (Å²) in [7, 11) is 2.01. The largest absolute Gasteiger partial charge is 0.349 e. The Morgan fingerprint density at radius 1 is 1.11 bits per heavy atom. The summed E-state index contributed by atoms with van der Waals surface area (Å²) < 4.78 is 2.03. The lowest BCUT2D eigenvalue weighted by Gasteiger charge is -1.92. The van der Waals surface area contributed by atoms with Crippen molar-refractivity contribution < 1.29 is 0 Å². The first kappa shape index (κ1) is 19.8. The lowest BCUT2D eigenvalue weighted by atomic mass is 10.4. The monoisotopic (exact) mass is 266 g/mol. The van der Waals surface area contributed by atoms with E-state index in [2.05, 4.69) is 28.8 Å². The predicted octanol–water partition coefficient (Wildman–Crippen LogP) is 4.01. The highest BCUT2D eigenvalue weighted by Crippen LogP contribution is 1.92. The van der Waals surface area contributed by atoms with E-state index in [0.717, 1.165) is 18.7 Å². The van der Waals surface area contributed by atoms with Crippen LogP contribution in [0.15, 0.2) is 24.9 Å². The molecule has 0 saturated carbocycles. The zero-order valence-electron chi connectivity index (χ0n) is 13.6. The van der Waals surface area contributed by atoms with E-state index < -0.39 is 0 Å². The summed E-state index contributed by atoms with van der Waals surface area (Å²) in [5.41, 5.74) is 1.19. The van der Waals surface area contributed by atoms with E-state index in [1.54, 1.807) is 6.33 Å². The van der Waals surface area contributed by atoms with Crippen LogP contribution in [0.1, 0.15) is 53.1 Å². The molecular formula is C15H30N4. The molecule has 0 unspecified atom stereocenters. The molecule has 4 heteroatoms. The van der Waals surface area contributed by atoms with Crippen LogP contribution in [0.5, 0.6) is 0 Å². The Kier molecular flexibility index (Phi) is 15.1. The van der Waals surface area contributed by atoms with E-state index in [-0.39, 0.29) is 0 Å². The average molecular weight is 266 g/mol. The van der Waals surface area contributed by atoms with Crippen LogP contribution in [-0.4, -0.2) is 19.5 Å². The number of aromatic nitrogens is 4. The van der Waals surface area contributed by atoms with Crippen LogP contribution < -0.4 is 0 Å². The number of hydrogen-bond acceptors (Lipinski definition) is 2. The van der Waals surface area contributed by atoms with Crippen molar-refractivity contribution in [1.29, 1.82) is 0 Å². The van der Waals surface area contributed by atoms with Crippen LogP contribution >= 0.6 is 0 Å². The van der Waals surface area contributed by atoms with E-state index in [0.29, 0.717) is 0 Å². The molecule has 0 aliphatic carbocycles. The molecule has 0 saturated heterocycles. The van der Waals surface area contributed by atoms with Crippen molar-refractivity contribution >= 4 is 0 Å². The van der Waals surface area contributed by atoms with Crippen LogP contribution in [0.4, 0.5) is 0 Å². The number of aryl methyl sites for hydroxylation is 3. The molecule has 0 aliphatic heterocycles. The zero-order valence-corrected chi connectivity index (χ0v) is 13.6. The van der Waals surface area contributed by atoms with E-state index in [1.807, 2.05) is 57.9 Å². The minimum atomic E-state index is 1.02. The number of hydrogen-bond donors (Lipinski definition) is 1. The Morgan fingerprint density at radius 3 is 1.95 bits per heavy atom. The lowest BCUT2D eigenvalue weighted by Crippen LogP contribution is -1.92. The highest BCUT2D eigenvalue weighted by molar-refractivity contribution is 4.92. The van der Waals surface area contributed by atoms with Gasteiger partial charge >= 0.3 is 0 Å². The highest BCUT2D eigenvalue weighted by Gasteiger charge is 1.90. The minimum absolute atomic E-state index is 1.02. The van der Waals surface area contributed by atoms with Gasteiger partial charge < -0.3 is 9.55 Å². The van der Waals surface area contributed by atoms with Gasteiger partial charge in [-0.15, -0.1) is 0 Å². The van der Waals surface area contributed by atoms with Gasteiger partial charge in [0.15, 0.2) is 0 Å². The van der Waals surface area contributed by atoms with Gasteiger partial charge in [0.1, 0.15) is 5.82 Å². The first-order valence-corrected chi connectivity index (χ1v) is 7.21. The van der Waals surface area contributed by atoms with Crippen molar-refractivity contribution in [3.63, 3.8) is 0 Å². The molecule has 110 valence electrons. The second-order valence-electron chi connectivity index (χ2n) is 3.24. The molecular weight excluding hydrogens is 236 g/mol. The third kappa shape index (κ3) is 9.05. The van der Waals surface area contributed by atoms with Crippen LogP contribution in [0.3, 0.4) is 0 Å². The Morgan fingerprint density at radius 2 is 1.74 bits per heavy atom. The first-order valence-electron chi connectivity index (χ1n) is 7.21. The third-order valence-electron chi connectivity index (χ3n) is 2.17. The van der Waals surface area contributed by atoms with E-state index in [4.69, 9.17) is 0 Å². The molecule has 0 aromatic carbocycles. The molecule has 2 aromatic rings. The van der Waals surface area contributed by atoms with Crippen molar-refractivity contribution in [1.82, 2.24) is 19.5 Å². The maximum Gasteiger partial charge on any atom is 0.108 e. The summed E-state index contributed by atoms with van der Waals surface area (Å²) >= 11 is 0. The molecule has 2 aromatic heterocycles. The van der Waals surface area contributed by atoms with Gasteiger partial charge in [-0.1, -0.05) is 41.5 Å². The van der Waals surface area contributed by atoms with Gasteiger partial charge in [-0.3, -0.25) is 0 Å². The van der Waals surface area contributed by atoms with E-state index >= 15 is 0 Å². The predicted molar refractivity (Wildman–Crippen MR) is 83.2 cm³/mol. The van der Waals surface area contributed by atoms with Crippen LogP contribution in [-0.2, 0) is 19.9 Å². The average Bonchev–Trinajstić information content (AvgIpc) is 3.14. The number of nitrogens with zero attached hydrogens (tertiary/aromatic N) is 3. The molecule has 0 spiro atoms. The Hall–Kier alpha value is -1.58. The van der Waals surface area contributed by atoms with Gasteiger partial charge in [-0.25, -0.2) is 9.97 Å². The number of imidazole rings is 2. The quantitative estimate of drug-likeness (QED) is 0.892. The molecule has 2 rings (SSSR count). The topological polar surface area (TPSA) is 46.5 Å². The maximum atomic E-state index is 4.10. The fraction of sp³-hybridized carbons (Fsp3) is 0.600. The third-order valence-corrected chi connectivity index (χ3v) is 2.17. The molecule has 19 heavy (non-hydrogen) atoms. The molecule has 0 fully saturated rings. The smallest absolute Gasteiger partial charge is 0.108 e. The summed E-state index contributed by atoms with van der Waals surface area (Å²) in [6, 6.07) is 0. The van der Waals surface area contributed by atoms with Crippen molar-refractivity contribution in [3.05, 3.63) is 36.4 Å². The van der Waals surface area contributed by atoms with Crippen molar-refractivity contribution in [2.45, 2.75) is 54.4 Å². The normalized spacial score (nSPS) is 8.16.